The predicted octanol–water partition coefficient (Wildman–Crippen LogP) is 3.26. The first-order valence-corrected chi connectivity index (χ1v) is 11.5. The van der Waals surface area contributed by atoms with Crippen LogP contribution in [0.5, 0.6) is 0 Å². The van der Waals surface area contributed by atoms with Crippen molar-refractivity contribution in [3.8, 4) is 5.69 Å². The molecule has 8 nitrogen and oxygen atoms in total. The van der Waals surface area contributed by atoms with Crippen LogP contribution in [-0.2, 0) is 0 Å². The topological polar surface area (TPSA) is 80.0 Å². The maximum Gasteiger partial charge on any atom is 0.256 e. The van der Waals surface area contributed by atoms with E-state index in [0.29, 0.717) is 47.2 Å². The fourth-order valence-electron chi connectivity index (χ4n) is 5.27. The highest BCUT2D eigenvalue weighted by Gasteiger charge is 2.37. The summed E-state index contributed by atoms with van der Waals surface area (Å²) in [5.74, 6) is 1.12. The van der Waals surface area contributed by atoms with E-state index in [9.17, 15) is 9.18 Å². The first-order valence-electron chi connectivity index (χ1n) is 11.5. The standard InChI is InChI=1S/C25H24FN7O/c1-16-2-5-23(33-28-6-7-29-33)20(8-16)25(34)32-14-17-9-18(15-32)13-31(12-17)24-11-27-21-4-3-19(26)10-22(21)30-24/h2-8,10-11,17-18H,9,12-15H2,1H3. The lowest BCUT2D eigenvalue weighted by Gasteiger charge is -2.46. The van der Waals surface area contributed by atoms with E-state index in [0.717, 1.165) is 30.9 Å². The smallest absolute Gasteiger partial charge is 0.256 e. The summed E-state index contributed by atoms with van der Waals surface area (Å²) >= 11 is 0. The zero-order valence-corrected chi connectivity index (χ0v) is 18.8. The number of rotatable bonds is 3. The number of anilines is 1. The van der Waals surface area contributed by atoms with Crippen LogP contribution in [0.15, 0.2) is 55.0 Å². The maximum atomic E-state index is 13.7. The third-order valence-corrected chi connectivity index (χ3v) is 6.70. The highest BCUT2D eigenvalue weighted by Crippen LogP contribution is 2.32. The SMILES string of the molecule is Cc1ccc(-n2nccn2)c(C(=O)N2CC3CC(C2)CN(c2cnc4ccc(F)cc4n2)C3)c1. The largest absolute Gasteiger partial charge is 0.355 e. The molecule has 0 radical (unpaired) electrons. The number of likely N-dealkylation sites (tertiary alicyclic amines) is 1. The average molecular weight is 458 g/mol. The summed E-state index contributed by atoms with van der Waals surface area (Å²) in [6.45, 7) is 4.92. The van der Waals surface area contributed by atoms with Gasteiger partial charge in [-0.25, -0.2) is 9.37 Å². The molecule has 2 bridgehead atoms. The minimum atomic E-state index is -0.315. The van der Waals surface area contributed by atoms with Gasteiger partial charge in [-0.1, -0.05) is 11.6 Å². The number of piperidine rings is 2. The molecule has 0 N–H and O–H groups in total. The Hall–Kier alpha value is -3.88. The van der Waals surface area contributed by atoms with E-state index in [1.165, 1.54) is 16.9 Å². The van der Waals surface area contributed by atoms with Crippen LogP contribution in [0.1, 0.15) is 22.3 Å². The van der Waals surface area contributed by atoms with Gasteiger partial charge >= 0.3 is 0 Å². The molecule has 2 aliphatic heterocycles. The summed E-state index contributed by atoms with van der Waals surface area (Å²) in [4.78, 5) is 28.4. The molecule has 2 saturated heterocycles. The van der Waals surface area contributed by atoms with Crippen molar-refractivity contribution in [1.29, 1.82) is 0 Å². The van der Waals surface area contributed by atoms with Gasteiger partial charge in [0.2, 0.25) is 0 Å². The Morgan fingerprint density at radius 3 is 2.50 bits per heavy atom. The molecule has 4 heterocycles. The second-order valence-electron chi connectivity index (χ2n) is 9.28. The van der Waals surface area contributed by atoms with E-state index in [1.807, 2.05) is 30.0 Å². The summed E-state index contributed by atoms with van der Waals surface area (Å²) in [5, 5.41) is 8.45. The molecule has 6 rings (SSSR count). The third kappa shape index (κ3) is 3.76. The van der Waals surface area contributed by atoms with Crippen molar-refractivity contribution in [1.82, 2.24) is 29.9 Å². The monoisotopic (exact) mass is 457 g/mol. The number of benzene rings is 2. The molecule has 2 aliphatic rings. The lowest BCUT2D eigenvalue weighted by atomic mass is 9.84. The van der Waals surface area contributed by atoms with Gasteiger partial charge in [0.1, 0.15) is 11.6 Å². The molecule has 2 unspecified atom stereocenters. The molecule has 2 aromatic heterocycles. The van der Waals surface area contributed by atoms with Gasteiger partial charge < -0.3 is 9.80 Å². The van der Waals surface area contributed by atoms with E-state index in [2.05, 4.69) is 25.1 Å². The van der Waals surface area contributed by atoms with Crippen LogP contribution < -0.4 is 4.90 Å². The van der Waals surface area contributed by atoms with Gasteiger partial charge in [0.05, 0.1) is 40.9 Å². The number of fused-ring (bicyclic) bond motifs is 3. The Balaban J connectivity index is 1.23. The van der Waals surface area contributed by atoms with Crippen LogP contribution in [0, 0.1) is 24.6 Å². The van der Waals surface area contributed by atoms with Crippen LogP contribution in [0.25, 0.3) is 16.7 Å². The number of halogens is 1. The Labute approximate surface area is 196 Å². The normalized spacial score (nSPS) is 20.1. The van der Waals surface area contributed by atoms with Gasteiger partial charge in [-0.05, 0) is 49.4 Å². The molecule has 2 aromatic carbocycles. The number of carbonyl (C=O) groups is 1. The molecule has 34 heavy (non-hydrogen) atoms. The summed E-state index contributed by atoms with van der Waals surface area (Å²) in [5.41, 5.74) is 3.57. The van der Waals surface area contributed by atoms with Crippen molar-refractivity contribution in [3.05, 3.63) is 71.9 Å². The van der Waals surface area contributed by atoms with Gasteiger partial charge in [-0.2, -0.15) is 15.0 Å². The Bertz CT molecular complexity index is 1360. The Kier molecular flexibility index (Phi) is 4.97. The molecule has 0 aliphatic carbocycles. The van der Waals surface area contributed by atoms with Crippen LogP contribution in [0.2, 0.25) is 0 Å². The van der Waals surface area contributed by atoms with Gasteiger partial charge in [0.25, 0.3) is 5.91 Å². The predicted molar refractivity (Wildman–Crippen MR) is 125 cm³/mol. The van der Waals surface area contributed by atoms with Crippen molar-refractivity contribution in [3.63, 3.8) is 0 Å². The lowest BCUT2D eigenvalue weighted by Crippen LogP contribution is -2.54. The van der Waals surface area contributed by atoms with Crippen molar-refractivity contribution >= 4 is 22.8 Å². The van der Waals surface area contributed by atoms with Crippen LogP contribution in [0.3, 0.4) is 0 Å². The minimum absolute atomic E-state index is 0.0140. The molecular weight excluding hydrogens is 433 g/mol. The van der Waals surface area contributed by atoms with Gasteiger partial charge in [-0.15, -0.1) is 0 Å². The number of aryl methyl sites for hydroxylation is 1. The molecular formula is C25H24FN7O. The summed E-state index contributed by atoms with van der Waals surface area (Å²) in [6, 6.07) is 10.3. The number of hydrogen-bond acceptors (Lipinski definition) is 6. The van der Waals surface area contributed by atoms with Crippen LogP contribution in [-0.4, -0.2) is 61.9 Å². The van der Waals surface area contributed by atoms with Crippen molar-refractivity contribution in [2.45, 2.75) is 13.3 Å². The van der Waals surface area contributed by atoms with E-state index in [4.69, 9.17) is 0 Å². The fourth-order valence-corrected chi connectivity index (χ4v) is 5.27. The quantitative estimate of drug-likeness (QED) is 0.470. The van der Waals surface area contributed by atoms with Gasteiger partial charge in [0.15, 0.2) is 0 Å². The van der Waals surface area contributed by atoms with E-state index in [1.54, 1.807) is 24.7 Å². The second kappa shape index (κ2) is 8.16. The van der Waals surface area contributed by atoms with Crippen molar-refractivity contribution in [2.75, 3.05) is 31.1 Å². The zero-order valence-electron chi connectivity index (χ0n) is 18.8. The van der Waals surface area contributed by atoms with Gasteiger partial charge in [-0.3, -0.25) is 9.78 Å². The second-order valence-corrected chi connectivity index (χ2v) is 9.28. The zero-order chi connectivity index (χ0) is 23.2. The maximum absolute atomic E-state index is 13.7. The number of aromatic nitrogens is 5. The number of amides is 1. The van der Waals surface area contributed by atoms with Crippen LogP contribution in [0.4, 0.5) is 10.2 Å². The number of carbonyl (C=O) groups excluding carboxylic acids is 1. The van der Waals surface area contributed by atoms with E-state index in [-0.39, 0.29) is 11.7 Å². The van der Waals surface area contributed by atoms with Crippen molar-refractivity contribution < 1.29 is 9.18 Å². The summed E-state index contributed by atoms with van der Waals surface area (Å²) in [7, 11) is 0. The molecule has 172 valence electrons. The molecule has 9 heteroatoms. The van der Waals surface area contributed by atoms with E-state index >= 15 is 0 Å². The third-order valence-electron chi connectivity index (χ3n) is 6.70. The molecule has 0 saturated carbocycles. The summed E-state index contributed by atoms with van der Waals surface area (Å²) in [6.07, 6.45) is 6.06. The molecule has 0 spiro atoms. The molecule has 4 aromatic rings. The fraction of sp³-hybridized carbons (Fsp3) is 0.320. The van der Waals surface area contributed by atoms with Crippen LogP contribution >= 0.6 is 0 Å². The molecule has 2 atom stereocenters. The highest BCUT2D eigenvalue weighted by molar-refractivity contribution is 5.98. The Morgan fingerprint density at radius 1 is 0.971 bits per heavy atom. The number of hydrogen-bond donors (Lipinski definition) is 0. The number of nitrogens with zero attached hydrogens (tertiary/aromatic N) is 7. The average Bonchev–Trinajstić information content (AvgIpc) is 3.37. The molecule has 2 fully saturated rings. The first-order chi connectivity index (χ1) is 16.5. The lowest BCUT2D eigenvalue weighted by molar-refractivity contribution is 0.0564. The van der Waals surface area contributed by atoms with E-state index < -0.39 is 0 Å². The first kappa shape index (κ1) is 20.7. The highest BCUT2D eigenvalue weighted by atomic mass is 19.1. The Morgan fingerprint density at radius 2 is 1.74 bits per heavy atom. The molecule has 1 amide bonds. The van der Waals surface area contributed by atoms with Crippen molar-refractivity contribution in [2.24, 2.45) is 11.8 Å². The van der Waals surface area contributed by atoms with Gasteiger partial charge in [0, 0.05) is 32.2 Å². The summed E-state index contributed by atoms with van der Waals surface area (Å²) < 4.78 is 13.7. The minimum Gasteiger partial charge on any atom is -0.355 e.